The molecular weight excluding hydrogens is 527 g/mol. The Balaban J connectivity index is 0.00000363. The molecule has 180 valence electrons. The van der Waals surface area contributed by atoms with E-state index in [4.69, 9.17) is 0 Å². The molecule has 1 aliphatic carbocycles. The molecule has 3 rings (SSSR count). The molecule has 2 atom stereocenters. The van der Waals surface area contributed by atoms with Crippen molar-refractivity contribution in [1.82, 2.24) is 20.4 Å². The van der Waals surface area contributed by atoms with Crippen molar-refractivity contribution in [3.63, 3.8) is 0 Å². The van der Waals surface area contributed by atoms with Crippen molar-refractivity contribution in [3.05, 3.63) is 35.4 Å². The third-order valence-corrected chi connectivity index (χ3v) is 6.44. The lowest BCUT2D eigenvalue weighted by atomic mass is 9.88. The SMILES string of the molecule is CN=C(NCC(c1c(F)cccc1F)N(C)C)NC1CCN(C(=O)C2CCCCC2)C1.I. The molecular formula is C23H36F2IN5O. The number of carbonyl (C=O) groups excluding carboxylic acids is 1. The maximum Gasteiger partial charge on any atom is 0.225 e. The van der Waals surface area contributed by atoms with Gasteiger partial charge in [-0.1, -0.05) is 25.3 Å². The van der Waals surface area contributed by atoms with Crippen LogP contribution in [0.4, 0.5) is 8.78 Å². The van der Waals surface area contributed by atoms with Gasteiger partial charge in [-0.25, -0.2) is 8.78 Å². The van der Waals surface area contributed by atoms with Crippen LogP contribution in [0.5, 0.6) is 0 Å². The van der Waals surface area contributed by atoms with Gasteiger partial charge >= 0.3 is 0 Å². The van der Waals surface area contributed by atoms with E-state index in [1.807, 2.05) is 4.90 Å². The first kappa shape index (κ1) is 26.8. The van der Waals surface area contributed by atoms with Gasteiger partial charge in [-0.2, -0.15) is 0 Å². The number of benzene rings is 1. The summed E-state index contributed by atoms with van der Waals surface area (Å²) in [4.78, 5) is 20.8. The van der Waals surface area contributed by atoms with E-state index in [9.17, 15) is 13.6 Å². The maximum absolute atomic E-state index is 14.3. The minimum Gasteiger partial charge on any atom is -0.354 e. The predicted octanol–water partition coefficient (Wildman–Crippen LogP) is 3.53. The fourth-order valence-corrected chi connectivity index (χ4v) is 4.64. The predicted molar refractivity (Wildman–Crippen MR) is 134 cm³/mol. The number of aliphatic imine (C=N–C) groups is 1. The molecule has 1 aromatic rings. The van der Waals surface area contributed by atoms with E-state index in [0.717, 1.165) is 38.6 Å². The summed E-state index contributed by atoms with van der Waals surface area (Å²) in [5.74, 6) is -0.0797. The highest BCUT2D eigenvalue weighted by atomic mass is 127. The van der Waals surface area contributed by atoms with Crippen molar-refractivity contribution in [2.45, 2.75) is 50.6 Å². The number of likely N-dealkylation sites (tertiary alicyclic amines) is 1. The Morgan fingerprint density at radius 1 is 1.19 bits per heavy atom. The van der Waals surface area contributed by atoms with Crippen LogP contribution in [-0.2, 0) is 4.79 Å². The van der Waals surface area contributed by atoms with Crippen molar-refractivity contribution in [3.8, 4) is 0 Å². The second kappa shape index (κ2) is 12.7. The van der Waals surface area contributed by atoms with Crippen LogP contribution >= 0.6 is 24.0 Å². The fourth-order valence-electron chi connectivity index (χ4n) is 4.64. The Labute approximate surface area is 207 Å². The minimum atomic E-state index is -0.559. The van der Waals surface area contributed by atoms with Crippen LogP contribution in [0.1, 0.15) is 50.1 Å². The van der Waals surface area contributed by atoms with Crippen LogP contribution in [-0.4, -0.2) is 68.5 Å². The number of hydrogen-bond acceptors (Lipinski definition) is 3. The quantitative estimate of drug-likeness (QED) is 0.316. The smallest absolute Gasteiger partial charge is 0.225 e. The van der Waals surface area contributed by atoms with Crippen LogP contribution in [0.3, 0.4) is 0 Å². The van der Waals surface area contributed by atoms with Gasteiger partial charge in [-0.05, 0) is 45.5 Å². The molecule has 0 bridgehead atoms. The number of guanidine groups is 1. The maximum atomic E-state index is 14.3. The third-order valence-electron chi connectivity index (χ3n) is 6.44. The summed E-state index contributed by atoms with van der Waals surface area (Å²) in [5.41, 5.74) is 0.0422. The number of likely N-dealkylation sites (N-methyl/N-ethyl adjacent to an activating group) is 1. The van der Waals surface area contributed by atoms with Crippen LogP contribution in [0.25, 0.3) is 0 Å². The van der Waals surface area contributed by atoms with E-state index in [1.54, 1.807) is 26.0 Å². The molecule has 1 aromatic carbocycles. The number of rotatable bonds is 6. The van der Waals surface area contributed by atoms with Gasteiger partial charge in [0.25, 0.3) is 0 Å². The molecule has 2 aliphatic rings. The lowest BCUT2D eigenvalue weighted by Gasteiger charge is -2.28. The van der Waals surface area contributed by atoms with Gasteiger partial charge in [0.2, 0.25) is 5.91 Å². The lowest BCUT2D eigenvalue weighted by molar-refractivity contribution is -0.135. The number of nitrogens with zero attached hydrogens (tertiary/aromatic N) is 3. The van der Waals surface area contributed by atoms with Crippen LogP contribution in [0.2, 0.25) is 0 Å². The van der Waals surface area contributed by atoms with E-state index >= 15 is 0 Å². The molecule has 2 fully saturated rings. The monoisotopic (exact) mass is 563 g/mol. The molecule has 0 aromatic heterocycles. The zero-order valence-electron chi connectivity index (χ0n) is 19.2. The summed E-state index contributed by atoms with van der Waals surface area (Å²) in [7, 11) is 5.25. The lowest BCUT2D eigenvalue weighted by Crippen LogP contribution is -2.47. The van der Waals surface area contributed by atoms with E-state index in [2.05, 4.69) is 15.6 Å². The van der Waals surface area contributed by atoms with Crippen molar-refractivity contribution in [1.29, 1.82) is 0 Å². The van der Waals surface area contributed by atoms with Gasteiger partial charge < -0.3 is 20.4 Å². The first-order chi connectivity index (χ1) is 14.9. The topological polar surface area (TPSA) is 60.0 Å². The van der Waals surface area contributed by atoms with Gasteiger partial charge in [-0.15, -0.1) is 24.0 Å². The number of halogens is 3. The first-order valence-electron chi connectivity index (χ1n) is 11.3. The Kier molecular flexibility index (Phi) is 10.6. The van der Waals surface area contributed by atoms with Crippen LogP contribution < -0.4 is 10.6 Å². The van der Waals surface area contributed by atoms with Crippen LogP contribution in [0.15, 0.2) is 23.2 Å². The molecule has 1 saturated carbocycles. The standard InChI is InChI=1S/C23H35F2N5O.HI/c1-26-23(27-14-20(29(2)3)21-18(24)10-7-11-19(21)25)28-17-12-13-30(15-17)22(31)16-8-5-4-6-9-16;/h7,10-11,16-17,20H,4-6,8-9,12-15H2,1-3H3,(H2,26,27,28);1H. The van der Waals surface area contributed by atoms with E-state index in [-0.39, 0.29) is 47.4 Å². The Bertz CT molecular complexity index is 765. The van der Waals surface area contributed by atoms with Gasteiger partial charge in [0, 0.05) is 44.2 Å². The molecule has 0 spiro atoms. The largest absolute Gasteiger partial charge is 0.354 e. The summed E-state index contributed by atoms with van der Waals surface area (Å²) < 4.78 is 28.6. The molecule has 32 heavy (non-hydrogen) atoms. The molecule has 6 nitrogen and oxygen atoms in total. The Hall–Kier alpha value is -1.49. The van der Waals surface area contributed by atoms with Crippen LogP contribution in [0, 0.1) is 17.6 Å². The highest BCUT2D eigenvalue weighted by Crippen LogP contribution is 2.27. The number of amides is 1. The zero-order valence-corrected chi connectivity index (χ0v) is 21.6. The van der Waals surface area contributed by atoms with Crippen molar-refractivity contribution < 1.29 is 13.6 Å². The fraction of sp³-hybridized carbons (Fsp3) is 0.652. The summed E-state index contributed by atoms with van der Waals surface area (Å²) in [6.45, 7) is 1.71. The molecule has 2 N–H and O–H groups in total. The van der Waals surface area contributed by atoms with Crippen molar-refractivity contribution in [2.75, 3.05) is 40.8 Å². The molecule has 1 saturated heterocycles. The zero-order chi connectivity index (χ0) is 22.4. The Morgan fingerprint density at radius 2 is 1.84 bits per heavy atom. The van der Waals surface area contributed by atoms with Crippen molar-refractivity contribution in [2.24, 2.45) is 10.9 Å². The average Bonchev–Trinajstić information content (AvgIpc) is 3.23. The molecule has 1 heterocycles. The summed E-state index contributed by atoms with van der Waals surface area (Å²) >= 11 is 0. The Morgan fingerprint density at radius 3 is 2.44 bits per heavy atom. The molecule has 1 amide bonds. The average molecular weight is 563 g/mol. The molecule has 0 radical (unpaired) electrons. The van der Waals surface area contributed by atoms with Gasteiger partial charge in [0.05, 0.1) is 6.04 Å². The van der Waals surface area contributed by atoms with Gasteiger partial charge in [0.1, 0.15) is 11.6 Å². The van der Waals surface area contributed by atoms with Gasteiger partial charge in [-0.3, -0.25) is 9.79 Å². The molecule has 2 unspecified atom stereocenters. The second-order valence-electron chi connectivity index (χ2n) is 8.82. The minimum absolute atomic E-state index is 0. The first-order valence-corrected chi connectivity index (χ1v) is 11.3. The second-order valence-corrected chi connectivity index (χ2v) is 8.82. The normalized spacial score (nSPS) is 20.8. The van der Waals surface area contributed by atoms with Gasteiger partial charge in [0.15, 0.2) is 5.96 Å². The number of hydrogen-bond donors (Lipinski definition) is 2. The van der Waals surface area contributed by atoms with E-state index < -0.39 is 17.7 Å². The molecule has 1 aliphatic heterocycles. The molecule has 9 heteroatoms. The highest BCUT2D eigenvalue weighted by molar-refractivity contribution is 14.0. The number of nitrogens with one attached hydrogen (secondary N) is 2. The third kappa shape index (κ3) is 6.76. The highest BCUT2D eigenvalue weighted by Gasteiger charge is 2.32. The summed E-state index contributed by atoms with van der Waals surface area (Å²) in [5, 5.41) is 6.57. The summed E-state index contributed by atoms with van der Waals surface area (Å²) in [6, 6.07) is 3.54. The van der Waals surface area contributed by atoms with E-state index in [0.29, 0.717) is 19.0 Å². The number of carbonyl (C=O) groups is 1. The van der Waals surface area contributed by atoms with Crippen molar-refractivity contribution >= 4 is 35.8 Å². The van der Waals surface area contributed by atoms with E-state index in [1.165, 1.54) is 24.6 Å². The summed E-state index contributed by atoms with van der Waals surface area (Å²) in [6.07, 6.45) is 6.42.